The number of hydrogen-bond donors (Lipinski definition) is 0. The smallest absolute Gasteiger partial charge is 0.333 e. The van der Waals surface area contributed by atoms with E-state index in [2.05, 4.69) is 4.90 Å². The molecule has 0 saturated carbocycles. The molecule has 3 nitrogen and oxygen atoms in total. The van der Waals surface area contributed by atoms with Gasteiger partial charge in [-0.15, -0.1) is 0 Å². The van der Waals surface area contributed by atoms with Crippen LogP contribution < -0.4 is 0 Å². The van der Waals surface area contributed by atoms with Gasteiger partial charge in [0.15, 0.2) is 0 Å². The molecule has 0 spiro atoms. The maximum atomic E-state index is 11.6. The van der Waals surface area contributed by atoms with Gasteiger partial charge in [0.25, 0.3) is 0 Å². The molecule has 0 fully saturated rings. The summed E-state index contributed by atoms with van der Waals surface area (Å²) < 4.78 is 4.78. The first-order chi connectivity index (χ1) is 8.61. The Morgan fingerprint density at radius 3 is 2.67 bits per heavy atom. The molecule has 1 aromatic carbocycles. The number of hydrogen-bond acceptors (Lipinski definition) is 3. The van der Waals surface area contributed by atoms with E-state index in [9.17, 15) is 4.79 Å². The van der Waals surface area contributed by atoms with Crippen molar-refractivity contribution in [1.82, 2.24) is 4.90 Å². The molecule has 0 radical (unpaired) electrons. The molecule has 1 aromatic rings. The summed E-state index contributed by atoms with van der Waals surface area (Å²) in [4.78, 5) is 13.8. The lowest BCUT2D eigenvalue weighted by molar-refractivity contribution is -0.136. The van der Waals surface area contributed by atoms with Gasteiger partial charge >= 0.3 is 5.97 Å². The highest BCUT2D eigenvalue weighted by Gasteiger charge is 2.23. The molecule has 0 N–H and O–H groups in total. The van der Waals surface area contributed by atoms with Crippen molar-refractivity contribution in [3.63, 3.8) is 0 Å². The monoisotopic (exact) mass is 265 g/mol. The summed E-state index contributed by atoms with van der Waals surface area (Å²) in [6, 6.07) is 7.81. The fourth-order valence-electron chi connectivity index (χ4n) is 2.15. The summed E-state index contributed by atoms with van der Waals surface area (Å²) in [5.74, 6) is -0.234. The number of ether oxygens (including phenoxy) is 1. The van der Waals surface area contributed by atoms with Crippen molar-refractivity contribution >= 4 is 17.6 Å². The molecule has 2 rings (SSSR count). The van der Waals surface area contributed by atoms with Crippen molar-refractivity contribution in [2.45, 2.75) is 12.5 Å². The lowest BCUT2D eigenvalue weighted by Gasteiger charge is -2.30. The van der Waals surface area contributed by atoms with Crippen LogP contribution >= 0.6 is 11.6 Å². The Bertz CT molecular complexity index is 467. The van der Waals surface area contributed by atoms with Gasteiger partial charge in [-0.1, -0.05) is 29.8 Å². The summed E-state index contributed by atoms with van der Waals surface area (Å²) in [5.41, 5.74) is 1.87. The van der Waals surface area contributed by atoms with Crippen LogP contribution in [0.3, 0.4) is 0 Å². The van der Waals surface area contributed by atoms with Gasteiger partial charge in [0.1, 0.15) is 0 Å². The van der Waals surface area contributed by atoms with Crippen LogP contribution in [0.5, 0.6) is 0 Å². The Balaban J connectivity index is 2.29. The Morgan fingerprint density at radius 2 is 2.06 bits per heavy atom. The van der Waals surface area contributed by atoms with Gasteiger partial charge in [-0.2, -0.15) is 0 Å². The average Bonchev–Trinajstić information content (AvgIpc) is 2.39. The number of rotatable bonds is 2. The van der Waals surface area contributed by atoms with E-state index in [4.69, 9.17) is 16.3 Å². The van der Waals surface area contributed by atoms with E-state index in [0.717, 1.165) is 29.1 Å². The van der Waals surface area contributed by atoms with E-state index >= 15 is 0 Å². The number of carbonyl (C=O) groups is 1. The first-order valence-corrected chi connectivity index (χ1v) is 6.24. The summed E-state index contributed by atoms with van der Waals surface area (Å²) in [6.45, 7) is 0.841. The molecule has 96 valence electrons. The highest BCUT2D eigenvalue weighted by molar-refractivity contribution is 6.30. The van der Waals surface area contributed by atoms with Crippen LogP contribution in [0, 0.1) is 0 Å². The zero-order valence-corrected chi connectivity index (χ0v) is 11.3. The fraction of sp³-hybridized carbons (Fsp3) is 0.357. The van der Waals surface area contributed by atoms with Crippen LogP contribution in [0.25, 0.3) is 0 Å². The van der Waals surface area contributed by atoms with Gasteiger partial charge in [-0.05, 0) is 31.2 Å². The summed E-state index contributed by atoms with van der Waals surface area (Å²) >= 11 is 5.89. The third kappa shape index (κ3) is 2.74. The molecule has 0 amide bonds. The van der Waals surface area contributed by atoms with Gasteiger partial charge in [0.2, 0.25) is 0 Å². The summed E-state index contributed by atoms with van der Waals surface area (Å²) in [7, 11) is 3.46. The number of halogens is 1. The molecule has 1 unspecified atom stereocenters. The van der Waals surface area contributed by atoms with Crippen LogP contribution in [0.2, 0.25) is 5.02 Å². The fourth-order valence-corrected chi connectivity index (χ4v) is 2.27. The lowest BCUT2D eigenvalue weighted by atomic mass is 9.97. The number of methoxy groups -OCH3 is 1. The van der Waals surface area contributed by atoms with Crippen LogP contribution in [0.15, 0.2) is 35.9 Å². The minimum atomic E-state index is -0.234. The van der Waals surface area contributed by atoms with E-state index < -0.39 is 0 Å². The highest BCUT2D eigenvalue weighted by Crippen LogP contribution is 2.28. The van der Waals surface area contributed by atoms with Crippen molar-refractivity contribution in [3.05, 3.63) is 46.5 Å². The molecule has 1 aliphatic heterocycles. The van der Waals surface area contributed by atoms with E-state index in [-0.39, 0.29) is 12.0 Å². The maximum absolute atomic E-state index is 11.6. The predicted molar refractivity (Wildman–Crippen MR) is 71.5 cm³/mol. The molecule has 1 aliphatic rings. The van der Waals surface area contributed by atoms with E-state index in [1.54, 1.807) is 0 Å². The zero-order valence-electron chi connectivity index (χ0n) is 10.5. The molecular formula is C14H16ClNO2. The third-order valence-corrected chi connectivity index (χ3v) is 3.48. The highest BCUT2D eigenvalue weighted by atomic mass is 35.5. The van der Waals surface area contributed by atoms with Gasteiger partial charge in [0, 0.05) is 17.1 Å². The maximum Gasteiger partial charge on any atom is 0.333 e. The van der Waals surface area contributed by atoms with Gasteiger partial charge < -0.3 is 4.74 Å². The van der Waals surface area contributed by atoms with Crippen molar-refractivity contribution < 1.29 is 9.53 Å². The molecule has 1 atom stereocenters. The molecule has 4 heteroatoms. The molecular weight excluding hydrogens is 250 g/mol. The number of carbonyl (C=O) groups excluding carboxylic acids is 1. The molecule has 0 aromatic heterocycles. The van der Waals surface area contributed by atoms with Gasteiger partial charge in [-0.3, -0.25) is 4.90 Å². The predicted octanol–water partition coefficient (Wildman–Crippen LogP) is 2.82. The Morgan fingerprint density at radius 1 is 1.39 bits per heavy atom. The average molecular weight is 266 g/mol. The first kappa shape index (κ1) is 13.1. The SMILES string of the molecule is COC(=O)C1=CC(c2ccc(Cl)cc2)N(C)CC1. The minimum absolute atomic E-state index is 0.102. The Kier molecular flexibility index (Phi) is 4.04. The number of esters is 1. The van der Waals surface area contributed by atoms with E-state index in [1.165, 1.54) is 7.11 Å². The van der Waals surface area contributed by atoms with Crippen molar-refractivity contribution in [3.8, 4) is 0 Å². The van der Waals surface area contributed by atoms with Crippen LogP contribution in [0.1, 0.15) is 18.0 Å². The van der Waals surface area contributed by atoms with Crippen LogP contribution in [-0.4, -0.2) is 31.6 Å². The third-order valence-electron chi connectivity index (χ3n) is 3.23. The standard InChI is InChI=1S/C14H16ClNO2/c1-16-8-7-11(14(17)18-2)9-13(16)10-3-5-12(15)6-4-10/h3-6,9,13H,7-8H2,1-2H3. The summed E-state index contributed by atoms with van der Waals surface area (Å²) in [5, 5.41) is 0.717. The second-order valence-corrected chi connectivity index (χ2v) is 4.85. The van der Waals surface area contributed by atoms with E-state index in [1.807, 2.05) is 37.4 Å². The van der Waals surface area contributed by atoms with Gasteiger partial charge in [0.05, 0.1) is 13.2 Å². The minimum Gasteiger partial charge on any atom is -0.466 e. The zero-order chi connectivity index (χ0) is 13.1. The van der Waals surface area contributed by atoms with Crippen molar-refractivity contribution in [1.29, 1.82) is 0 Å². The summed E-state index contributed by atoms with van der Waals surface area (Å²) in [6.07, 6.45) is 2.70. The first-order valence-electron chi connectivity index (χ1n) is 5.86. The second-order valence-electron chi connectivity index (χ2n) is 4.41. The second kappa shape index (κ2) is 5.55. The molecule has 0 aliphatic carbocycles. The van der Waals surface area contributed by atoms with Crippen LogP contribution in [-0.2, 0) is 9.53 Å². The largest absolute Gasteiger partial charge is 0.466 e. The quantitative estimate of drug-likeness (QED) is 0.770. The number of nitrogens with zero attached hydrogens (tertiary/aromatic N) is 1. The van der Waals surface area contributed by atoms with Crippen LogP contribution in [0.4, 0.5) is 0 Å². The topological polar surface area (TPSA) is 29.5 Å². The number of benzene rings is 1. The Hall–Kier alpha value is -1.32. The molecule has 0 bridgehead atoms. The molecule has 0 saturated heterocycles. The number of likely N-dealkylation sites (N-methyl/N-ethyl adjacent to an activating group) is 1. The van der Waals surface area contributed by atoms with Gasteiger partial charge in [-0.25, -0.2) is 4.79 Å². The van der Waals surface area contributed by atoms with Crippen molar-refractivity contribution in [2.24, 2.45) is 0 Å². The molecule has 1 heterocycles. The normalized spacial score (nSPS) is 20.4. The molecule has 18 heavy (non-hydrogen) atoms. The van der Waals surface area contributed by atoms with Crippen molar-refractivity contribution in [2.75, 3.05) is 20.7 Å². The Labute approximate surface area is 112 Å². The lowest BCUT2D eigenvalue weighted by Crippen LogP contribution is -2.30. The van der Waals surface area contributed by atoms with E-state index in [0.29, 0.717) is 0 Å².